The van der Waals surface area contributed by atoms with Crippen molar-refractivity contribution in [3.05, 3.63) is 16.8 Å². The summed E-state index contributed by atoms with van der Waals surface area (Å²) in [7, 11) is 0. The molecule has 22 heavy (non-hydrogen) atoms. The summed E-state index contributed by atoms with van der Waals surface area (Å²) in [5.41, 5.74) is 1.31. The summed E-state index contributed by atoms with van der Waals surface area (Å²) in [6, 6.07) is 0. The van der Waals surface area contributed by atoms with Crippen molar-refractivity contribution in [2.24, 2.45) is 16.8 Å². The third kappa shape index (κ3) is 2.47. The first-order chi connectivity index (χ1) is 10.5. The highest BCUT2D eigenvalue weighted by molar-refractivity contribution is 5.89. The highest BCUT2D eigenvalue weighted by atomic mass is 16.1. The molecule has 0 bridgehead atoms. The molecular formula is C15H22N6O. The van der Waals surface area contributed by atoms with E-state index in [9.17, 15) is 4.79 Å². The monoisotopic (exact) mass is 302 g/mol. The van der Waals surface area contributed by atoms with Crippen molar-refractivity contribution in [1.82, 2.24) is 19.1 Å². The number of imidazole rings is 2. The van der Waals surface area contributed by atoms with Crippen LogP contribution in [0, 0.1) is 11.8 Å². The number of aromatic amines is 1. The third-order valence-electron chi connectivity index (χ3n) is 3.53. The molecule has 3 rings (SSSR count). The van der Waals surface area contributed by atoms with Gasteiger partial charge in [0.05, 0.1) is 12.7 Å². The fourth-order valence-corrected chi connectivity index (χ4v) is 2.70. The van der Waals surface area contributed by atoms with Crippen molar-refractivity contribution in [2.75, 3.05) is 5.32 Å². The molecule has 0 saturated heterocycles. The van der Waals surface area contributed by atoms with Gasteiger partial charge in [-0.1, -0.05) is 27.7 Å². The number of rotatable bonds is 4. The molecule has 0 aromatic carbocycles. The van der Waals surface area contributed by atoms with E-state index in [0.717, 1.165) is 23.9 Å². The minimum atomic E-state index is -0.120. The van der Waals surface area contributed by atoms with Crippen molar-refractivity contribution in [1.29, 1.82) is 0 Å². The zero-order valence-electron chi connectivity index (χ0n) is 13.4. The maximum atomic E-state index is 12.2. The zero-order chi connectivity index (χ0) is 15.9. The Hall–Kier alpha value is -2.31. The van der Waals surface area contributed by atoms with Gasteiger partial charge in [-0.2, -0.15) is 0 Å². The Kier molecular flexibility index (Phi) is 3.64. The summed E-state index contributed by atoms with van der Waals surface area (Å²) < 4.78 is 3.73. The lowest BCUT2D eigenvalue weighted by molar-refractivity contribution is 0.517. The molecule has 118 valence electrons. The van der Waals surface area contributed by atoms with Crippen molar-refractivity contribution in [3.8, 4) is 11.4 Å². The lowest BCUT2D eigenvalue weighted by Gasteiger charge is -2.09. The molecule has 2 aromatic heterocycles. The maximum Gasteiger partial charge on any atom is 0.327 e. The summed E-state index contributed by atoms with van der Waals surface area (Å²) in [4.78, 5) is 24.1. The van der Waals surface area contributed by atoms with Crippen molar-refractivity contribution in [3.63, 3.8) is 0 Å². The fraction of sp³-hybridized carbons (Fsp3) is 0.533. The number of fused-ring (bicyclic) bond motifs is 3. The first-order valence-corrected chi connectivity index (χ1v) is 7.64. The van der Waals surface area contributed by atoms with Crippen LogP contribution in [-0.4, -0.2) is 25.4 Å². The summed E-state index contributed by atoms with van der Waals surface area (Å²) in [5.74, 6) is 2.38. The molecule has 2 aromatic rings. The zero-order valence-corrected chi connectivity index (χ0v) is 13.4. The molecule has 0 aliphatic carbocycles. The normalized spacial score (nSPS) is 13.2. The van der Waals surface area contributed by atoms with Gasteiger partial charge in [0.15, 0.2) is 5.82 Å². The van der Waals surface area contributed by atoms with Crippen LogP contribution in [0.15, 0.2) is 16.1 Å². The Balaban J connectivity index is 2.11. The van der Waals surface area contributed by atoms with Crippen LogP contribution in [0.2, 0.25) is 0 Å². The van der Waals surface area contributed by atoms with E-state index in [1.54, 1.807) is 17.2 Å². The topological polar surface area (TPSA) is 80.0 Å². The quantitative estimate of drug-likeness (QED) is 0.910. The Morgan fingerprint density at radius 2 is 1.91 bits per heavy atom. The molecule has 1 aliphatic rings. The Bertz CT molecular complexity index is 762. The lowest BCUT2D eigenvalue weighted by Crippen LogP contribution is -2.21. The summed E-state index contributed by atoms with van der Waals surface area (Å²) >= 11 is 0. The Morgan fingerprint density at radius 1 is 1.18 bits per heavy atom. The summed E-state index contributed by atoms with van der Waals surface area (Å²) in [6.07, 6.45) is 3.42. The molecule has 0 fully saturated rings. The van der Waals surface area contributed by atoms with Gasteiger partial charge in [-0.25, -0.2) is 14.8 Å². The largest absolute Gasteiger partial charge is 0.330 e. The van der Waals surface area contributed by atoms with Gasteiger partial charge in [0.2, 0.25) is 0 Å². The second kappa shape index (κ2) is 5.47. The molecule has 0 amide bonds. The van der Waals surface area contributed by atoms with Crippen LogP contribution in [0.3, 0.4) is 0 Å². The minimum Gasteiger partial charge on any atom is -0.330 e. The van der Waals surface area contributed by atoms with Gasteiger partial charge in [-0.3, -0.25) is 4.57 Å². The molecule has 0 spiro atoms. The van der Waals surface area contributed by atoms with Gasteiger partial charge >= 0.3 is 5.69 Å². The number of hydrogen-bond acceptors (Lipinski definition) is 4. The number of nitrogens with one attached hydrogen (secondary N) is 2. The molecule has 7 nitrogen and oxygen atoms in total. The number of H-pyrrole nitrogens is 1. The van der Waals surface area contributed by atoms with Crippen LogP contribution in [0.5, 0.6) is 0 Å². The molecule has 0 unspecified atom stereocenters. The molecular weight excluding hydrogens is 280 g/mol. The maximum absolute atomic E-state index is 12.2. The van der Waals surface area contributed by atoms with Crippen LogP contribution >= 0.6 is 0 Å². The second-order valence-electron chi connectivity index (χ2n) is 6.52. The molecule has 2 N–H and O–H groups in total. The number of aromatic nitrogens is 4. The second-order valence-corrected chi connectivity index (χ2v) is 6.52. The van der Waals surface area contributed by atoms with Crippen LogP contribution in [0.1, 0.15) is 27.7 Å². The van der Waals surface area contributed by atoms with Crippen molar-refractivity contribution >= 4 is 18.0 Å². The Labute approximate surface area is 129 Å². The molecule has 1 aliphatic heterocycles. The van der Waals surface area contributed by atoms with E-state index in [-0.39, 0.29) is 5.69 Å². The number of aliphatic imine (C=N–C) groups is 1. The van der Waals surface area contributed by atoms with Gasteiger partial charge in [0.1, 0.15) is 17.2 Å². The molecule has 0 saturated carbocycles. The van der Waals surface area contributed by atoms with Crippen LogP contribution in [-0.2, 0) is 13.1 Å². The van der Waals surface area contributed by atoms with Gasteiger partial charge in [-0.15, -0.1) is 0 Å². The van der Waals surface area contributed by atoms with Gasteiger partial charge in [-0.05, 0) is 11.8 Å². The predicted molar refractivity (Wildman–Crippen MR) is 87.7 cm³/mol. The predicted octanol–water partition coefficient (Wildman–Crippen LogP) is 2.44. The first kappa shape index (κ1) is 14.6. The first-order valence-electron chi connectivity index (χ1n) is 7.64. The van der Waals surface area contributed by atoms with Gasteiger partial charge in [0.25, 0.3) is 0 Å². The standard InChI is InChI=1S/C15H22N6O/c1-9(2)5-20-8-18-11-12-14(17-7-16-13(11)20)21(6-10(3)4)15(22)19-12/h7-10H,5-6H2,1-4H3,(H,16,17)(H,19,22). The average Bonchev–Trinajstić information content (AvgIpc) is 2.87. The van der Waals surface area contributed by atoms with Crippen molar-refractivity contribution < 1.29 is 0 Å². The van der Waals surface area contributed by atoms with Crippen LogP contribution in [0.25, 0.3) is 11.4 Å². The van der Waals surface area contributed by atoms with Crippen LogP contribution < -0.4 is 11.0 Å². The SMILES string of the molecule is CC(C)Cn1cnc2c1N=CNc1c-2[nH]c(=O)n1CC(C)C. The molecule has 7 heteroatoms. The van der Waals surface area contributed by atoms with E-state index >= 15 is 0 Å². The van der Waals surface area contributed by atoms with Crippen LogP contribution in [0.4, 0.5) is 11.6 Å². The minimum absolute atomic E-state index is 0.120. The number of hydrogen-bond donors (Lipinski definition) is 2. The molecule has 3 heterocycles. The van der Waals surface area contributed by atoms with E-state index in [4.69, 9.17) is 0 Å². The Morgan fingerprint density at radius 3 is 2.59 bits per heavy atom. The smallest absolute Gasteiger partial charge is 0.327 e. The fourth-order valence-electron chi connectivity index (χ4n) is 2.70. The van der Waals surface area contributed by atoms with Gasteiger partial charge in [0, 0.05) is 13.1 Å². The summed E-state index contributed by atoms with van der Waals surface area (Å²) in [6.45, 7) is 9.95. The van der Waals surface area contributed by atoms with E-state index in [0.29, 0.717) is 24.1 Å². The summed E-state index contributed by atoms with van der Waals surface area (Å²) in [5, 5.41) is 3.12. The lowest BCUT2D eigenvalue weighted by atomic mass is 10.2. The number of anilines is 1. The number of nitrogens with zero attached hydrogens (tertiary/aromatic N) is 4. The van der Waals surface area contributed by atoms with Crippen molar-refractivity contribution in [2.45, 2.75) is 40.8 Å². The average molecular weight is 302 g/mol. The molecule has 0 radical (unpaired) electrons. The highest BCUT2D eigenvalue weighted by Gasteiger charge is 2.23. The van der Waals surface area contributed by atoms with Gasteiger partial charge < -0.3 is 14.9 Å². The highest BCUT2D eigenvalue weighted by Crippen LogP contribution is 2.34. The van der Waals surface area contributed by atoms with E-state index < -0.39 is 0 Å². The van der Waals surface area contributed by atoms with E-state index in [1.165, 1.54) is 0 Å². The van der Waals surface area contributed by atoms with E-state index in [1.807, 2.05) is 4.57 Å². The third-order valence-corrected chi connectivity index (χ3v) is 3.53. The van der Waals surface area contributed by atoms with E-state index in [2.05, 4.69) is 48.0 Å². The molecule has 0 atom stereocenters.